The van der Waals surface area contributed by atoms with Crippen molar-refractivity contribution in [3.8, 4) is 17.0 Å². The molecule has 0 saturated carbocycles. The lowest BCUT2D eigenvalue weighted by Crippen LogP contribution is -2.44. The standard InChI is InChI=1S/C27H33N5O5S2/c1-37-21-13-12-18-10-11-20(22(18)16-21)15-25(33)30-23(9-5-6-14-29-39(28,35)36)26(34)32-27-31-24(17-38-27)19-7-3-2-4-8-19/h2-4,7-8,12-13,16-17,20,23,29H,5-6,9-11,14-15H2,1H3,(H,30,33)(H2,28,35,36)(H,31,32,34)/t20?,23-/m0/s1. The molecule has 4 rings (SSSR count). The van der Waals surface area contributed by atoms with E-state index < -0.39 is 16.3 Å². The largest absolute Gasteiger partial charge is 0.497 e. The fraction of sp³-hybridized carbons (Fsp3) is 0.370. The minimum absolute atomic E-state index is 0.0464. The molecule has 0 spiro atoms. The minimum Gasteiger partial charge on any atom is -0.497 e. The monoisotopic (exact) mass is 571 g/mol. The fourth-order valence-electron chi connectivity index (χ4n) is 4.70. The Hall–Kier alpha value is -3.32. The Labute approximate surface area is 232 Å². The van der Waals surface area contributed by atoms with Gasteiger partial charge in [-0.15, -0.1) is 11.3 Å². The van der Waals surface area contributed by atoms with E-state index in [9.17, 15) is 18.0 Å². The van der Waals surface area contributed by atoms with E-state index in [1.807, 2.05) is 53.9 Å². The fourth-order valence-corrected chi connectivity index (χ4v) is 5.86. The van der Waals surface area contributed by atoms with E-state index in [0.29, 0.717) is 24.4 Å². The molecule has 10 nitrogen and oxygen atoms in total. The molecule has 2 aromatic carbocycles. The quantitative estimate of drug-likeness (QED) is 0.231. The van der Waals surface area contributed by atoms with Crippen LogP contribution in [0.2, 0.25) is 0 Å². The molecule has 3 aromatic rings. The van der Waals surface area contributed by atoms with Gasteiger partial charge in [-0.2, -0.15) is 8.42 Å². The third-order valence-electron chi connectivity index (χ3n) is 6.67. The van der Waals surface area contributed by atoms with Crippen LogP contribution in [0.1, 0.15) is 49.1 Å². The van der Waals surface area contributed by atoms with Crippen LogP contribution < -0.4 is 25.2 Å². The minimum atomic E-state index is -3.78. The van der Waals surface area contributed by atoms with E-state index in [0.717, 1.165) is 35.4 Å². The normalized spacial score (nSPS) is 15.4. The summed E-state index contributed by atoms with van der Waals surface area (Å²) in [6, 6.07) is 14.8. The van der Waals surface area contributed by atoms with Crippen molar-refractivity contribution in [1.29, 1.82) is 0 Å². The Bertz CT molecular complexity index is 1390. The highest BCUT2D eigenvalue weighted by molar-refractivity contribution is 7.87. The molecule has 1 aromatic heterocycles. The highest BCUT2D eigenvalue weighted by Gasteiger charge is 2.28. The second-order valence-electron chi connectivity index (χ2n) is 9.45. The number of ether oxygens (including phenoxy) is 1. The molecule has 39 heavy (non-hydrogen) atoms. The van der Waals surface area contributed by atoms with Crippen LogP contribution in [-0.4, -0.2) is 44.9 Å². The second kappa shape index (κ2) is 13.2. The number of fused-ring (bicyclic) bond motifs is 1. The summed E-state index contributed by atoms with van der Waals surface area (Å²) in [7, 11) is -2.16. The number of methoxy groups -OCH3 is 1. The van der Waals surface area contributed by atoms with Crippen LogP contribution in [0.15, 0.2) is 53.9 Å². The van der Waals surface area contributed by atoms with Gasteiger partial charge in [0.15, 0.2) is 5.13 Å². The Morgan fingerprint density at radius 2 is 1.97 bits per heavy atom. The van der Waals surface area contributed by atoms with Crippen molar-refractivity contribution < 1.29 is 22.7 Å². The molecule has 1 heterocycles. The molecule has 1 unspecified atom stereocenters. The van der Waals surface area contributed by atoms with Crippen molar-refractivity contribution in [3.63, 3.8) is 0 Å². The number of hydrogen-bond donors (Lipinski definition) is 4. The summed E-state index contributed by atoms with van der Waals surface area (Å²) in [5.41, 5.74) is 4.01. The number of anilines is 1. The molecule has 1 aliphatic carbocycles. The predicted molar refractivity (Wildman–Crippen MR) is 152 cm³/mol. The Balaban J connectivity index is 1.39. The first-order valence-corrected chi connectivity index (χ1v) is 15.2. The number of aryl methyl sites for hydroxylation is 1. The van der Waals surface area contributed by atoms with Gasteiger partial charge in [0.1, 0.15) is 11.8 Å². The van der Waals surface area contributed by atoms with E-state index in [2.05, 4.69) is 20.3 Å². The van der Waals surface area contributed by atoms with Gasteiger partial charge in [0.2, 0.25) is 11.8 Å². The number of benzene rings is 2. The number of hydrogen-bond acceptors (Lipinski definition) is 7. The van der Waals surface area contributed by atoms with Gasteiger partial charge >= 0.3 is 0 Å². The molecule has 0 fully saturated rings. The van der Waals surface area contributed by atoms with E-state index in [1.165, 1.54) is 16.9 Å². The molecule has 0 bridgehead atoms. The molecule has 1 aliphatic rings. The number of unbranched alkanes of at least 4 members (excludes halogenated alkanes) is 1. The molecule has 0 saturated heterocycles. The lowest BCUT2D eigenvalue weighted by atomic mass is 9.97. The summed E-state index contributed by atoms with van der Waals surface area (Å²) in [6.07, 6.45) is 3.29. The summed E-state index contributed by atoms with van der Waals surface area (Å²) in [6.45, 7) is 0.148. The van der Waals surface area contributed by atoms with E-state index in [1.54, 1.807) is 7.11 Å². The highest BCUT2D eigenvalue weighted by Crippen LogP contribution is 2.37. The Kier molecular flexibility index (Phi) is 9.68. The third kappa shape index (κ3) is 8.33. The number of nitrogens with two attached hydrogens (primary N) is 1. The van der Waals surface area contributed by atoms with Gasteiger partial charge in [0.25, 0.3) is 10.2 Å². The van der Waals surface area contributed by atoms with Crippen molar-refractivity contribution >= 4 is 38.5 Å². The number of carbonyl (C=O) groups is 2. The first kappa shape index (κ1) is 28.7. The molecular weight excluding hydrogens is 538 g/mol. The van der Waals surface area contributed by atoms with Crippen molar-refractivity contribution in [1.82, 2.24) is 15.0 Å². The maximum Gasteiger partial charge on any atom is 0.274 e. The molecule has 5 N–H and O–H groups in total. The predicted octanol–water partition coefficient (Wildman–Crippen LogP) is 3.33. The van der Waals surface area contributed by atoms with Gasteiger partial charge in [-0.3, -0.25) is 9.59 Å². The number of rotatable bonds is 13. The maximum atomic E-state index is 13.2. The number of thiazole rings is 1. The van der Waals surface area contributed by atoms with Crippen molar-refractivity contribution in [2.75, 3.05) is 19.0 Å². The van der Waals surface area contributed by atoms with Gasteiger partial charge in [-0.05, 0) is 61.3 Å². The highest BCUT2D eigenvalue weighted by atomic mass is 32.2. The zero-order chi connectivity index (χ0) is 27.8. The average Bonchev–Trinajstić information content (AvgIpc) is 3.54. The summed E-state index contributed by atoms with van der Waals surface area (Å²) in [5.74, 6) is 0.211. The molecule has 2 atom stereocenters. The SMILES string of the molecule is COc1ccc2c(c1)C(CC(=O)N[C@@H](CCCCNS(N)(=O)=O)C(=O)Nc1nc(-c3ccccc3)cs1)CC2. The zero-order valence-electron chi connectivity index (χ0n) is 21.7. The van der Waals surface area contributed by atoms with Gasteiger partial charge in [-0.1, -0.05) is 36.4 Å². The van der Waals surface area contributed by atoms with Crippen LogP contribution in [0.3, 0.4) is 0 Å². The van der Waals surface area contributed by atoms with Crippen LogP contribution >= 0.6 is 11.3 Å². The lowest BCUT2D eigenvalue weighted by Gasteiger charge is -2.19. The smallest absolute Gasteiger partial charge is 0.274 e. The van der Waals surface area contributed by atoms with Crippen molar-refractivity contribution in [2.24, 2.45) is 5.14 Å². The van der Waals surface area contributed by atoms with Crippen LogP contribution in [0.4, 0.5) is 5.13 Å². The van der Waals surface area contributed by atoms with Crippen LogP contribution in [0.25, 0.3) is 11.3 Å². The third-order valence-corrected chi connectivity index (χ3v) is 8.03. The lowest BCUT2D eigenvalue weighted by molar-refractivity contribution is -0.126. The number of aromatic nitrogens is 1. The van der Waals surface area contributed by atoms with E-state index in [4.69, 9.17) is 9.88 Å². The number of nitrogens with zero attached hydrogens (tertiary/aromatic N) is 1. The van der Waals surface area contributed by atoms with Crippen LogP contribution in [0.5, 0.6) is 5.75 Å². The topological polar surface area (TPSA) is 153 Å². The van der Waals surface area contributed by atoms with Gasteiger partial charge < -0.3 is 15.4 Å². The summed E-state index contributed by atoms with van der Waals surface area (Å²) in [4.78, 5) is 30.8. The van der Waals surface area contributed by atoms with Gasteiger partial charge in [-0.25, -0.2) is 14.8 Å². The molecule has 2 amide bonds. The molecular formula is C27H33N5O5S2. The number of nitrogens with one attached hydrogen (secondary N) is 3. The van der Waals surface area contributed by atoms with Gasteiger partial charge in [0, 0.05) is 23.9 Å². The van der Waals surface area contributed by atoms with Crippen molar-refractivity contribution in [3.05, 3.63) is 65.0 Å². The maximum absolute atomic E-state index is 13.2. The van der Waals surface area contributed by atoms with Crippen LogP contribution in [0, 0.1) is 0 Å². The molecule has 208 valence electrons. The molecule has 12 heteroatoms. The van der Waals surface area contributed by atoms with Gasteiger partial charge in [0.05, 0.1) is 12.8 Å². The summed E-state index contributed by atoms with van der Waals surface area (Å²) < 4.78 is 29.8. The zero-order valence-corrected chi connectivity index (χ0v) is 23.3. The molecule has 0 radical (unpaired) electrons. The summed E-state index contributed by atoms with van der Waals surface area (Å²) in [5, 5.41) is 13.0. The number of carbonyl (C=O) groups excluding carboxylic acids is 2. The van der Waals surface area contributed by atoms with E-state index in [-0.39, 0.29) is 30.7 Å². The summed E-state index contributed by atoms with van der Waals surface area (Å²) >= 11 is 1.31. The Morgan fingerprint density at radius 3 is 2.72 bits per heavy atom. The average molecular weight is 572 g/mol. The first-order chi connectivity index (χ1) is 18.7. The second-order valence-corrected chi connectivity index (χ2v) is 11.7. The Morgan fingerprint density at radius 1 is 1.18 bits per heavy atom. The van der Waals surface area contributed by atoms with E-state index >= 15 is 0 Å². The first-order valence-electron chi connectivity index (χ1n) is 12.8. The molecule has 0 aliphatic heterocycles. The number of amides is 2. The van der Waals surface area contributed by atoms with Crippen LogP contribution in [-0.2, 0) is 26.2 Å². The van der Waals surface area contributed by atoms with Crippen molar-refractivity contribution in [2.45, 2.75) is 50.5 Å².